The van der Waals surface area contributed by atoms with Gasteiger partial charge in [-0.1, -0.05) is 0 Å². The predicted molar refractivity (Wildman–Crippen MR) is 61.9 cm³/mol. The van der Waals surface area contributed by atoms with Crippen LogP contribution in [0.3, 0.4) is 0 Å². The molecular weight excluding hydrogens is 228 g/mol. The second kappa shape index (κ2) is 4.13. The molecule has 1 heterocycles. The summed E-state index contributed by atoms with van der Waals surface area (Å²) in [5.74, 6) is 0.210. The molecule has 1 N–H and O–H groups in total. The van der Waals surface area contributed by atoms with Gasteiger partial charge in [-0.3, -0.25) is 9.10 Å². The van der Waals surface area contributed by atoms with Crippen LogP contribution in [0.15, 0.2) is 24.3 Å². The largest absolute Gasteiger partial charge is 0.329 e. The van der Waals surface area contributed by atoms with E-state index in [0.717, 1.165) is 0 Å². The van der Waals surface area contributed by atoms with E-state index >= 15 is 0 Å². The fraction of sp³-hybridized carbons (Fsp3) is 0.300. The number of sulfonamides is 1. The van der Waals surface area contributed by atoms with Crippen LogP contribution in [0.2, 0.25) is 0 Å². The smallest absolute Gasteiger partial charge is 0.235 e. The van der Waals surface area contributed by atoms with Gasteiger partial charge in [0.1, 0.15) is 0 Å². The number of nitrogens with one attached hydrogen (secondary N) is 1. The molecule has 1 aromatic rings. The summed E-state index contributed by atoms with van der Waals surface area (Å²) in [5, 5.41) is 2.50. The molecule has 5 nitrogen and oxygen atoms in total. The molecule has 86 valence electrons. The lowest BCUT2D eigenvalue weighted by Gasteiger charge is -2.16. The summed E-state index contributed by atoms with van der Waals surface area (Å²) in [4.78, 5) is 10.2. The van der Waals surface area contributed by atoms with Crippen molar-refractivity contribution in [2.45, 2.75) is 6.42 Å². The van der Waals surface area contributed by atoms with Crippen molar-refractivity contribution in [2.75, 3.05) is 21.9 Å². The van der Waals surface area contributed by atoms with Crippen LogP contribution in [0.5, 0.6) is 0 Å². The zero-order chi connectivity index (χ0) is 11.6. The Kier molecular flexibility index (Phi) is 2.82. The first-order valence-corrected chi connectivity index (χ1v) is 6.55. The van der Waals surface area contributed by atoms with Crippen LogP contribution >= 0.6 is 0 Å². The number of benzene rings is 1. The quantitative estimate of drug-likeness (QED) is 0.794. The van der Waals surface area contributed by atoms with E-state index in [1.807, 2.05) is 0 Å². The monoisotopic (exact) mass is 240 g/mol. The van der Waals surface area contributed by atoms with Gasteiger partial charge in [-0.2, -0.15) is 0 Å². The average Bonchev–Trinajstić information content (AvgIpc) is 2.60. The van der Waals surface area contributed by atoms with E-state index in [0.29, 0.717) is 30.8 Å². The standard InChI is InChI=1S/C10H12N2O3S/c13-8-11-9-2-4-10(5-3-9)12-6-1-7-16(12,14)15/h2-5,8H,1,6-7H2,(H,11,13). The highest BCUT2D eigenvalue weighted by Gasteiger charge is 2.28. The summed E-state index contributed by atoms with van der Waals surface area (Å²) < 4.78 is 24.7. The van der Waals surface area contributed by atoms with Crippen molar-refractivity contribution in [3.63, 3.8) is 0 Å². The van der Waals surface area contributed by atoms with Gasteiger partial charge in [0.05, 0.1) is 11.4 Å². The second-order valence-electron chi connectivity index (χ2n) is 3.55. The van der Waals surface area contributed by atoms with Crippen LogP contribution in [0.4, 0.5) is 11.4 Å². The van der Waals surface area contributed by atoms with Gasteiger partial charge < -0.3 is 5.32 Å². The molecule has 6 heteroatoms. The normalized spacial score (nSPS) is 18.4. The molecule has 2 rings (SSSR count). The number of amides is 1. The molecule has 0 radical (unpaired) electrons. The molecule has 1 aliphatic rings. The highest BCUT2D eigenvalue weighted by atomic mass is 32.2. The SMILES string of the molecule is O=CNc1ccc(N2CCCS2(=O)=O)cc1. The fourth-order valence-corrected chi connectivity index (χ4v) is 3.29. The minimum Gasteiger partial charge on any atom is -0.329 e. The molecular formula is C10H12N2O3S. The van der Waals surface area contributed by atoms with Crippen LogP contribution in [-0.2, 0) is 14.8 Å². The van der Waals surface area contributed by atoms with Crippen LogP contribution < -0.4 is 9.62 Å². The Morgan fingerprint density at radius 2 is 1.94 bits per heavy atom. The van der Waals surface area contributed by atoms with Crippen molar-refractivity contribution < 1.29 is 13.2 Å². The lowest BCUT2D eigenvalue weighted by Crippen LogP contribution is -2.24. The van der Waals surface area contributed by atoms with Crippen molar-refractivity contribution in [3.8, 4) is 0 Å². The summed E-state index contributed by atoms with van der Waals surface area (Å²) in [6, 6.07) is 6.73. The van der Waals surface area contributed by atoms with Crippen molar-refractivity contribution >= 4 is 27.8 Å². The zero-order valence-corrected chi connectivity index (χ0v) is 9.40. The molecule has 16 heavy (non-hydrogen) atoms. The Morgan fingerprint density at radius 1 is 1.25 bits per heavy atom. The van der Waals surface area contributed by atoms with Crippen molar-refractivity contribution in [2.24, 2.45) is 0 Å². The van der Waals surface area contributed by atoms with Crippen LogP contribution in [0.1, 0.15) is 6.42 Å². The molecule has 0 unspecified atom stereocenters. The van der Waals surface area contributed by atoms with Gasteiger partial charge in [-0.25, -0.2) is 8.42 Å². The molecule has 1 aromatic carbocycles. The Bertz CT molecular complexity index is 481. The molecule has 0 saturated carbocycles. The van der Waals surface area contributed by atoms with E-state index in [1.165, 1.54) is 4.31 Å². The van der Waals surface area contributed by atoms with Gasteiger partial charge >= 0.3 is 0 Å². The lowest BCUT2D eigenvalue weighted by molar-refractivity contribution is -0.105. The number of carbonyl (C=O) groups is 1. The number of nitrogens with zero attached hydrogens (tertiary/aromatic N) is 1. The Labute approximate surface area is 94.1 Å². The third-order valence-electron chi connectivity index (χ3n) is 2.48. The van der Waals surface area contributed by atoms with Gasteiger partial charge in [-0.15, -0.1) is 0 Å². The van der Waals surface area contributed by atoms with Gasteiger partial charge in [0, 0.05) is 12.2 Å². The molecule has 0 spiro atoms. The minimum absolute atomic E-state index is 0.210. The van der Waals surface area contributed by atoms with E-state index in [9.17, 15) is 13.2 Å². The number of carbonyl (C=O) groups excluding carboxylic acids is 1. The summed E-state index contributed by atoms with van der Waals surface area (Å²) in [5.41, 5.74) is 1.30. The summed E-state index contributed by atoms with van der Waals surface area (Å²) in [6.45, 7) is 0.531. The third kappa shape index (κ3) is 2.01. The summed E-state index contributed by atoms with van der Waals surface area (Å²) in [7, 11) is -3.12. The van der Waals surface area contributed by atoms with Gasteiger partial charge in [0.25, 0.3) is 0 Å². The van der Waals surface area contributed by atoms with E-state index in [4.69, 9.17) is 0 Å². The van der Waals surface area contributed by atoms with Crippen molar-refractivity contribution in [1.82, 2.24) is 0 Å². The average molecular weight is 240 g/mol. The Balaban J connectivity index is 2.25. The molecule has 0 aromatic heterocycles. The van der Waals surface area contributed by atoms with Gasteiger partial charge in [0.15, 0.2) is 0 Å². The maximum absolute atomic E-state index is 11.6. The highest BCUT2D eigenvalue weighted by Crippen LogP contribution is 2.24. The lowest BCUT2D eigenvalue weighted by atomic mass is 10.3. The first kappa shape index (κ1) is 10.9. The van der Waals surface area contributed by atoms with E-state index in [-0.39, 0.29) is 5.75 Å². The van der Waals surface area contributed by atoms with Crippen LogP contribution in [0, 0.1) is 0 Å². The molecule has 1 aliphatic heterocycles. The number of anilines is 2. The molecule has 0 bridgehead atoms. The third-order valence-corrected chi connectivity index (χ3v) is 4.35. The second-order valence-corrected chi connectivity index (χ2v) is 5.56. The van der Waals surface area contributed by atoms with Crippen LogP contribution in [0.25, 0.3) is 0 Å². The maximum Gasteiger partial charge on any atom is 0.235 e. The molecule has 1 fully saturated rings. The summed E-state index contributed by atoms with van der Waals surface area (Å²) >= 11 is 0. The van der Waals surface area contributed by atoms with E-state index in [1.54, 1.807) is 24.3 Å². The van der Waals surface area contributed by atoms with Gasteiger partial charge in [-0.05, 0) is 30.7 Å². The van der Waals surface area contributed by atoms with E-state index < -0.39 is 10.0 Å². The highest BCUT2D eigenvalue weighted by molar-refractivity contribution is 7.93. The number of hydrogen-bond donors (Lipinski definition) is 1. The molecule has 0 atom stereocenters. The Hall–Kier alpha value is -1.56. The first-order valence-electron chi connectivity index (χ1n) is 4.94. The van der Waals surface area contributed by atoms with Gasteiger partial charge in [0.2, 0.25) is 16.4 Å². The number of rotatable bonds is 3. The van der Waals surface area contributed by atoms with Crippen molar-refractivity contribution in [1.29, 1.82) is 0 Å². The zero-order valence-electron chi connectivity index (χ0n) is 8.59. The number of hydrogen-bond acceptors (Lipinski definition) is 3. The molecule has 1 amide bonds. The van der Waals surface area contributed by atoms with E-state index in [2.05, 4.69) is 5.32 Å². The fourth-order valence-electron chi connectivity index (χ4n) is 1.72. The first-order chi connectivity index (χ1) is 7.63. The summed E-state index contributed by atoms with van der Waals surface area (Å²) in [6.07, 6.45) is 1.25. The van der Waals surface area contributed by atoms with Crippen LogP contribution in [-0.4, -0.2) is 27.1 Å². The minimum atomic E-state index is -3.12. The molecule has 0 aliphatic carbocycles. The Morgan fingerprint density at radius 3 is 2.44 bits per heavy atom. The maximum atomic E-state index is 11.6. The molecule has 1 saturated heterocycles. The topological polar surface area (TPSA) is 66.5 Å². The van der Waals surface area contributed by atoms with Crippen molar-refractivity contribution in [3.05, 3.63) is 24.3 Å². The predicted octanol–water partition coefficient (Wildman–Crippen LogP) is 0.795.